The first-order valence-corrected chi connectivity index (χ1v) is 14.5. The number of hydrogen-bond donors (Lipinski definition) is 2. The lowest BCUT2D eigenvalue weighted by Gasteiger charge is -2.41. The molecule has 10 heteroatoms. The van der Waals surface area contributed by atoms with Crippen molar-refractivity contribution in [3.8, 4) is 22.8 Å². The van der Waals surface area contributed by atoms with Gasteiger partial charge in [0.1, 0.15) is 29.3 Å². The van der Waals surface area contributed by atoms with Gasteiger partial charge in [0, 0.05) is 50.0 Å². The molecular formula is C31H40N8O2. The van der Waals surface area contributed by atoms with Gasteiger partial charge in [-0.1, -0.05) is 18.2 Å². The van der Waals surface area contributed by atoms with Gasteiger partial charge in [-0.25, -0.2) is 14.6 Å². The van der Waals surface area contributed by atoms with Crippen molar-refractivity contribution >= 4 is 22.5 Å². The molecule has 1 saturated carbocycles. The van der Waals surface area contributed by atoms with Crippen LogP contribution in [0.5, 0.6) is 11.5 Å². The van der Waals surface area contributed by atoms with Gasteiger partial charge in [-0.15, -0.1) is 0 Å². The van der Waals surface area contributed by atoms with Crippen LogP contribution in [0.3, 0.4) is 0 Å². The van der Waals surface area contributed by atoms with E-state index in [9.17, 15) is 0 Å². The van der Waals surface area contributed by atoms with Crippen LogP contribution in [0.4, 0.5) is 11.5 Å². The van der Waals surface area contributed by atoms with Crippen LogP contribution in [-0.2, 0) is 6.54 Å². The van der Waals surface area contributed by atoms with Crippen LogP contribution in [0.1, 0.15) is 37.3 Å². The molecular weight excluding hydrogens is 516 g/mol. The number of aromatic nitrogens is 4. The number of hydrogen-bond acceptors (Lipinski definition) is 9. The molecule has 1 aliphatic carbocycles. The molecule has 0 amide bonds. The van der Waals surface area contributed by atoms with E-state index in [1.54, 1.807) is 20.5 Å². The molecule has 6 rings (SSSR count). The molecule has 10 nitrogen and oxygen atoms in total. The number of nitrogen functional groups attached to an aromatic ring is 1. The molecule has 41 heavy (non-hydrogen) atoms. The molecule has 2 fully saturated rings. The summed E-state index contributed by atoms with van der Waals surface area (Å²) in [6, 6.07) is 15.0. The summed E-state index contributed by atoms with van der Waals surface area (Å²) in [4.78, 5) is 14.1. The van der Waals surface area contributed by atoms with E-state index in [-0.39, 0.29) is 0 Å². The van der Waals surface area contributed by atoms with Gasteiger partial charge in [0.25, 0.3) is 0 Å². The highest BCUT2D eigenvalue weighted by Crippen LogP contribution is 2.37. The Balaban J connectivity index is 1.20. The van der Waals surface area contributed by atoms with Gasteiger partial charge in [-0.05, 0) is 57.0 Å². The fourth-order valence-electron chi connectivity index (χ4n) is 6.35. The van der Waals surface area contributed by atoms with E-state index in [1.807, 2.05) is 18.2 Å². The standard InChI is InChI=1S/C31H40N8O2/c1-37-15-17-38(18-16-37)23-11-13-24(14-12-23)39-31-28(30(32)34-20-35-31)29(36-39)21-7-9-22(10-8-21)33-19-25-26(40-2)5-4-6-27(25)41-3/h4-10,20,23-24,33H,11-19H2,1-3H3,(H2,32,34,35). The molecule has 3 heterocycles. The topological polar surface area (TPSA) is 107 Å². The highest BCUT2D eigenvalue weighted by atomic mass is 16.5. The van der Waals surface area contributed by atoms with Gasteiger partial charge in [-0.2, -0.15) is 5.10 Å². The largest absolute Gasteiger partial charge is 0.496 e. The maximum atomic E-state index is 6.41. The van der Waals surface area contributed by atoms with Crippen molar-refractivity contribution in [2.45, 2.75) is 44.3 Å². The van der Waals surface area contributed by atoms with Crippen molar-refractivity contribution in [3.63, 3.8) is 0 Å². The second kappa shape index (κ2) is 11.9. The predicted molar refractivity (Wildman–Crippen MR) is 162 cm³/mol. The molecule has 1 saturated heterocycles. The van der Waals surface area contributed by atoms with E-state index in [0.29, 0.717) is 24.4 Å². The zero-order chi connectivity index (χ0) is 28.3. The van der Waals surface area contributed by atoms with Gasteiger partial charge < -0.3 is 25.4 Å². The number of anilines is 2. The Bertz CT molecular complexity index is 1450. The number of likely N-dealkylation sites (N-methyl/N-ethyl adjacent to an activating group) is 1. The summed E-state index contributed by atoms with van der Waals surface area (Å²) < 4.78 is 13.2. The van der Waals surface area contributed by atoms with Crippen molar-refractivity contribution in [3.05, 3.63) is 54.4 Å². The fraction of sp³-hybridized carbons (Fsp3) is 0.452. The summed E-state index contributed by atoms with van der Waals surface area (Å²) >= 11 is 0. The Hall–Kier alpha value is -3.89. The zero-order valence-electron chi connectivity index (χ0n) is 24.2. The number of piperazine rings is 1. The summed E-state index contributed by atoms with van der Waals surface area (Å²) in [6.45, 7) is 5.23. The number of nitrogens with one attached hydrogen (secondary N) is 1. The monoisotopic (exact) mass is 556 g/mol. The van der Waals surface area contributed by atoms with E-state index < -0.39 is 0 Å². The smallest absolute Gasteiger partial charge is 0.164 e. The number of nitrogens with two attached hydrogens (primary N) is 1. The predicted octanol–water partition coefficient (Wildman–Crippen LogP) is 4.44. The van der Waals surface area contributed by atoms with Crippen molar-refractivity contribution < 1.29 is 9.47 Å². The molecule has 0 spiro atoms. The third-order valence-electron chi connectivity index (χ3n) is 8.74. The second-order valence-corrected chi connectivity index (χ2v) is 11.1. The van der Waals surface area contributed by atoms with Crippen molar-refractivity contribution in [2.24, 2.45) is 0 Å². The van der Waals surface area contributed by atoms with Gasteiger partial charge in [0.05, 0.1) is 31.2 Å². The Morgan fingerprint density at radius 1 is 0.878 bits per heavy atom. The van der Waals surface area contributed by atoms with Crippen molar-refractivity contribution in [1.82, 2.24) is 29.5 Å². The second-order valence-electron chi connectivity index (χ2n) is 11.1. The molecule has 2 aliphatic rings. The highest BCUT2D eigenvalue weighted by Gasteiger charge is 2.30. The van der Waals surface area contributed by atoms with Crippen LogP contribution in [0, 0.1) is 0 Å². The van der Waals surface area contributed by atoms with Gasteiger partial charge in [0.15, 0.2) is 5.65 Å². The van der Waals surface area contributed by atoms with E-state index in [4.69, 9.17) is 20.3 Å². The number of nitrogens with zero attached hydrogens (tertiary/aromatic N) is 6. The minimum atomic E-state index is 0.307. The quantitative estimate of drug-likeness (QED) is 0.326. The fourth-order valence-corrected chi connectivity index (χ4v) is 6.35. The summed E-state index contributed by atoms with van der Waals surface area (Å²) in [5.41, 5.74) is 11.0. The van der Waals surface area contributed by atoms with Crippen LogP contribution in [0.2, 0.25) is 0 Å². The molecule has 0 radical (unpaired) electrons. The third-order valence-corrected chi connectivity index (χ3v) is 8.74. The molecule has 1 aliphatic heterocycles. The number of benzene rings is 2. The molecule has 2 aromatic carbocycles. The maximum absolute atomic E-state index is 6.41. The summed E-state index contributed by atoms with van der Waals surface area (Å²) in [6.07, 6.45) is 6.10. The molecule has 0 bridgehead atoms. The SMILES string of the molecule is COc1cccc(OC)c1CNc1ccc(-c2nn(C3CCC(N4CCN(C)CC4)CC3)c3ncnc(N)c23)cc1. The minimum absolute atomic E-state index is 0.307. The molecule has 0 unspecified atom stereocenters. The summed E-state index contributed by atoms with van der Waals surface area (Å²) in [5, 5.41) is 9.43. The van der Waals surface area contributed by atoms with Crippen LogP contribution in [0.25, 0.3) is 22.3 Å². The Labute approximate surface area is 241 Å². The number of fused-ring (bicyclic) bond motifs is 1. The number of rotatable bonds is 8. The maximum Gasteiger partial charge on any atom is 0.164 e. The zero-order valence-corrected chi connectivity index (χ0v) is 24.2. The van der Waals surface area contributed by atoms with E-state index in [2.05, 4.69) is 61.1 Å². The first kappa shape index (κ1) is 27.3. The molecule has 3 N–H and O–H groups in total. The van der Waals surface area contributed by atoms with Gasteiger partial charge in [0.2, 0.25) is 0 Å². The third kappa shape index (κ3) is 5.54. The van der Waals surface area contributed by atoms with Crippen LogP contribution in [0.15, 0.2) is 48.8 Å². The molecule has 4 aromatic rings. The van der Waals surface area contributed by atoms with Crippen LogP contribution in [-0.4, -0.2) is 83.0 Å². The van der Waals surface area contributed by atoms with E-state index in [1.165, 1.54) is 25.9 Å². The normalized spacial score (nSPS) is 20.3. The van der Waals surface area contributed by atoms with Crippen molar-refractivity contribution in [2.75, 3.05) is 58.5 Å². The Morgan fingerprint density at radius 3 is 2.20 bits per heavy atom. The van der Waals surface area contributed by atoms with Gasteiger partial charge in [-0.3, -0.25) is 4.90 Å². The Kier molecular flexibility index (Phi) is 7.93. The van der Waals surface area contributed by atoms with Crippen LogP contribution < -0.4 is 20.5 Å². The van der Waals surface area contributed by atoms with Gasteiger partial charge >= 0.3 is 0 Å². The minimum Gasteiger partial charge on any atom is -0.496 e. The van der Waals surface area contributed by atoms with Crippen molar-refractivity contribution in [1.29, 1.82) is 0 Å². The number of ether oxygens (including phenoxy) is 2. The van der Waals surface area contributed by atoms with E-state index in [0.717, 1.165) is 71.0 Å². The molecule has 0 atom stereocenters. The molecule has 216 valence electrons. The first-order valence-electron chi connectivity index (χ1n) is 14.5. The highest BCUT2D eigenvalue weighted by molar-refractivity contribution is 5.98. The van der Waals surface area contributed by atoms with Crippen LogP contribution >= 0.6 is 0 Å². The first-order chi connectivity index (χ1) is 20.1. The number of methoxy groups -OCH3 is 2. The lowest BCUT2D eigenvalue weighted by Crippen LogP contribution is -2.49. The lowest BCUT2D eigenvalue weighted by atomic mass is 9.90. The van der Waals surface area contributed by atoms with E-state index >= 15 is 0 Å². The average Bonchev–Trinajstić information content (AvgIpc) is 3.41. The lowest BCUT2D eigenvalue weighted by molar-refractivity contribution is 0.0815. The summed E-state index contributed by atoms with van der Waals surface area (Å²) in [7, 11) is 5.56. The summed E-state index contributed by atoms with van der Waals surface area (Å²) in [5.74, 6) is 2.05. The molecule has 2 aromatic heterocycles. The Morgan fingerprint density at radius 2 is 1.54 bits per heavy atom. The average molecular weight is 557 g/mol.